The van der Waals surface area contributed by atoms with Crippen LogP contribution in [0.2, 0.25) is 10.0 Å². The van der Waals surface area contributed by atoms with Gasteiger partial charge in [-0.2, -0.15) is 0 Å². The van der Waals surface area contributed by atoms with Crippen LogP contribution in [0.15, 0.2) is 52.6 Å². The number of piperazine rings is 1. The molecular formula is C24H22Cl2N4OS. The van der Waals surface area contributed by atoms with Crippen LogP contribution in [0, 0.1) is 6.92 Å². The van der Waals surface area contributed by atoms with Gasteiger partial charge in [-0.15, -0.1) is 11.3 Å². The monoisotopic (exact) mass is 484 g/mol. The van der Waals surface area contributed by atoms with Crippen molar-refractivity contribution in [1.29, 1.82) is 0 Å². The van der Waals surface area contributed by atoms with E-state index in [0.29, 0.717) is 22.8 Å². The number of fused-ring (bicyclic) bond motifs is 1. The third-order valence-corrected chi connectivity index (χ3v) is 7.27. The molecule has 1 N–H and O–H groups in total. The van der Waals surface area contributed by atoms with Crippen LogP contribution in [-0.4, -0.2) is 41.0 Å². The Bertz CT molecular complexity index is 1320. The van der Waals surface area contributed by atoms with Crippen LogP contribution in [0.3, 0.4) is 0 Å². The number of nitrogens with one attached hydrogen (secondary N) is 1. The minimum absolute atomic E-state index is 0.0932. The molecule has 8 heteroatoms. The lowest BCUT2D eigenvalue weighted by molar-refractivity contribution is 0.244. The summed E-state index contributed by atoms with van der Waals surface area (Å²) in [4.78, 5) is 26.1. The summed E-state index contributed by atoms with van der Waals surface area (Å²) in [6.45, 7) is 6.35. The van der Waals surface area contributed by atoms with Crippen LogP contribution in [0.4, 0.5) is 5.69 Å². The Labute approximate surface area is 200 Å². The van der Waals surface area contributed by atoms with Crippen molar-refractivity contribution in [3.8, 4) is 11.1 Å². The lowest BCUT2D eigenvalue weighted by Crippen LogP contribution is -2.46. The Kier molecular flexibility index (Phi) is 5.95. The van der Waals surface area contributed by atoms with Crippen LogP contribution in [0.5, 0.6) is 0 Å². The second kappa shape index (κ2) is 8.87. The molecule has 1 fully saturated rings. The molecule has 0 unspecified atom stereocenters. The predicted molar refractivity (Wildman–Crippen MR) is 134 cm³/mol. The number of anilines is 1. The zero-order valence-corrected chi connectivity index (χ0v) is 19.9. The van der Waals surface area contributed by atoms with E-state index in [0.717, 1.165) is 47.2 Å². The SMILES string of the molecule is Cc1ccc(Cl)cc1N1CCN(Cc2nc3scc(-c4ccc(Cl)cc4)c3c(=O)[nH]2)CC1. The number of nitrogens with zero attached hydrogens (tertiary/aromatic N) is 3. The fourth-order valence-corrected chi connectivity index (χ4v) is 5.45. The lowest BCUT2D eigenvalue weighted by Gasteiger charge is -2.36. The molecule has 1 aliphatic heterocycles. The minimum Gasteiger partial charge on any atom is -0.369 e. The van der Waals surface area contributed by atoms with Crippen molar-refractivity contribution in [3.05, 3.63) is 79.6 Å². The minimum atomic E-state index is -0.0932. The maximum atomic E-state index is 12.9. The molecule has 0 spiro atoms. The molecule has 4 aromatic rings. The molecule has 5 nitrogen and oxygen atoms in total. The average molecular weight is 485 g/mol. The van der Waals surface area contributed by atoms with Crippen molar-refractivity contribution in [2.45, 2.75) is 13.5 Å². The van der Waals surface area contributed by atoms with Crippen LogP contribution >= 0.6 is 34.5 Å². The van der Waals surface area contributed by atoms with E-state index in [1.807, 2.05) is 41.8 Å². The summed E-state index contributed by atoms with van der Waals surface area (Å²) < 4.78 is 0. The second-order valence-electron chi connectivity index (χ2n) is 8.04. The average Bonchev–Trinajstić information content (AvgIpc) is 3.21. The van der Waals surface area contributed by atoms with Crippen molar-refractivity contribution in [2.75, 3.05) is 31.1 Å². The van der Waals surface area contributed by atoms with E-state index in [4.69, 9.17) is 28.2 Å². The second-order valence-corrected chi connectivity index (χ2v) is 9.77. The fourth-order valence-electron chi connectivity index (χ4n) is 4.19. The van der Waals surface area contributed by atoms with Gasteiger partial charge in [0.05, 0.1) is 11.9 Å². The Morgan fingerprint density at radius 3 is 2.50 bits per heavy atom. The lowest BCUT2D eigenvalue weighted by atomic mass is 10.1. The van der Waals surface area contributed by atoms with Gasteiger partial charge in [0, 0.05) is 52.9 Å². The third kappa shape index (κ3) is 4.28. The molecule has 1 saturated heterocycles. The summed E-state index contributed by atoms with van der Waals surface area (Å²) in [5, 5.41) is 4.07. The van der Waals surface area contributed by atoms with Crippen LogP contribution in [-0.2, 0) is 6.54 Å². The predicted octanol–water partition coefficient (Wildman–Crippen LogP) is 5.59. The van der Waals surface area contributed by atoms with Gasteiger partial charge in [0.15, 0.2) is 0 Å². The molecule has 0 aliphatic carbocycles. The number of hydrogen-bond donors (Lipinski definition) is 1. The smallest absolute Gasteiger partial charge is 0.260 e. The third-order valence-electron chi connectivity index (χ3n) is 5.91. The number of benzene rings is 2. The number of aryl methyl sites for hydroxylation is 1. The van der Waals surface area contributed by atoms with Gasteiger partial charge in [0.25, 0.3) is 5.56 Å². The Hall–Kier alpha value is -2.38. The van der Waals surface area contributed by atoms with Gasteiger partial charge in [-0.3, -0.25) is 9.69 Å². The topological polar surface area (TPSA) is 52.2 Å². The number of rotatable bonds is 4. The van der Waals surface area contributed by atoms with Gasteiger partial charge in [-0.05, 0) is 42.3 Å². The van der Waals surface area contributed by atoms with E-state index in [1.165, 1.54) is 22.6 Å². The van der Waals surface area contributed by atoms with Gasteiger partial charge >= 0.3 is 0 Å². The quantitative estimate of drug-likeness (QED) is 0.410. The molecular weight excluding hydrogens is 463 g/mol. The van der Waals surface area contributed by atoms with Crippen molar-refractivity contribution in [3.63, 3.8) is 0 Å². The summed E-state index contributed by atoms with van der Waals surface area (Å²) in [6.07, 6.45) is 0. The standard InChI is InChI=1S/C24H22Cl2N4OS/c1-15-2-5-18(26)12-20(15)30-10-8-29(9-11-30)13-21-27-23(31)22-19(14-32-24(22)28-21)16-3-6-17(25)7-4-16/h2-7,12,14H,8-11,13H2,1H3,(H,27,28,31). The van der Waals surface area contributed by atoms with Gasteiger partial charge in [0.1, 0.15) is 10.7 Å². The van der Waals surface area contributed by atoms with Crippen molar-refractivity contribution in [1.82, 2.24) is 14.9 Å². The molecule has 32 heavy (non-hydrogen) atoms. The highest BCUT2D eigenvalue weighted by Crippen LogP contribution is 2.31. The molecule has 2 aromatic heterocycles. The van der Waals surface area contributed by atoms with Gasteiger partial charge in [0.2, 0.25) is 0 Å². The summed E-state index contributed by atoms with van der Waals surface area (Å²) in [7, 11) is 0. The first kappa shape index (κ1) is 21.5. The van der Waals surface area contributed by atoms with E-state index in [1.54, 1.807) is 0 Å². The van der Waals surface area contributed by atoms with Gasteiger partial charge < -0.3 is 9.88 Å². The van der Waals surface area contributed by atoms with E-state index in [-0.39, 0.29) is 5.56 Å². The molecule has 164 valence electrons. The highest BCUT2D eigenvalue weighted by molar-refractivity contribution is 7.17. The molecule has 0 atom stereocenters. The van der Waals surface area contributed by atoms with Crippen LogP contribution in [0.1, 0.15) is 11.4 Å². The summed E-state index contributed by atoms with van der Waals surface area (Å²) in [6, 6.07) is 13.6. The van der Waals surface area contributed by atoms with Crippen molar-refractivity contribution >= 4 is 50.4 Å². The largest absolute Gasteiger partial charge is 0.369 e. The highest BCUT2D eigenvalue weighted by atomic mass is 35.5. The van der Waals surface area contributed by atoms with E-state index in [2.05, 4.69) is 27.8 Å². The Morgan fingerprint density at radius 1 is 1.03 bits per heavy atom. The zero-order chi connectivity index (χ0) is 22.2. The maximum absolute atomic E-state index is 12.9. The van der Waals surface area contributed by atoms with Crippen LogP contribution in [0.25, 0.3) is 21.3 Å². The first-order valence-electron chi connectivity index (χ1n) is 10.5. The molecule has 2 aromatic carbocycles. The first-order chi connectivity index (χ1) is 15.5. The summed E-state index contributed by atoms with van der Waals surface area (Å²) in [5.74, 6) is 0.708. The van der Waals surface area contributed by atoms with Gasteiger partial charge in [-0.25, -0.2) is 4.98 Å². The number of aromatic nitrogens is 2. The molecule has 0 amide bonds. The first-order valence-corrected chi connectivity index (χ1v) is 12.1. The molecule has 3 heterocycles. The number of halogens is 2. The molecule has 0 radical (unpaired) electrons. The highest BCUT2D eigenvalue weighted by Gasteiger charge is 2.20. The Morgan fingerprint density at radius 2 is 1.75 bits per heavy atom. The van der Waals surface area contributed by atoms with Crippen LogP contribution < -0.4 is 10.5 Å². The molecule has 0 saturated carbocycles. The number of H-pyrrole nitrogens is 1. The van der Waals surface area contributed by atoms with E-state index in [9.17, 15) is 4.79 Å². The van der Waals surface area contributed by atoms with Crippen molar-refractivity contribution in [2.24, 2.45) is 0 Å². The normalized spacial score (nSPS) is 14.9. The number of thiophene rings is 1. The van der Waals surface area contributed by atoms with E-state index < -0.39 is 0 Å². The van der Waals surface area contributed by atoms with E-state index >= 15 is 0 Å². The number of aromatic amines is 1. The number of hydrogen-bond acceptors (Lipinski definition) is 5. The molecule has 1 aliphatic rings. The summed E-state index contributed by atoms with van der Waals surface area (Å²) >= 11 is 13.7. The van der Waals surface area contributed by atoms with Gasteiger partial charge in [-0.1, -0.05) is 41.4 Å². The Balaban J connectivity index is 1.32. The zero-order valence-electron chi connectivity index (χ0n) is 17.6. The molecule has 5 rings (SSSR count). The maximum Gasteiger partial charge on any atom is 0.260 e. The summed E-state index contributed by atoms with van der Waals surface area (Å²) in [5.41, 5.74) is 4.19. The fraction of sp³-hybridized carbons (Fsp3) is 0.250. The van der Waals surface area contributed by atoms with Crippen molar-refractivity contribution < 1.29 is 0 Å². The molecule has 0 bridgehead atoms.